The number of hydrogen-bond donors (Lipinski definition) is 1. The molecule has 0 radical (unpaired) electrons. The first-order valence-electron chi connectivity index (χ1n) is 10.6. The third-order valence-electron chi connectivity index (χ3n) is 6.44. The molecule has 1 saturated carbocycles. The van der Waals surface area contributed by atoms with E-state index in [1.165, 1.54) is 17.4 Å². The third kappa shape index (κ3) is 3.91. The molecule has 28 heavy (non-hydrogen) atoms. The lowest BCUT2D eigenvalue weighted by atomic mass is 9.81. The molecule has 1 aromatic carbocycles. The maximum atomic E-state index is 12.8. The molecule has 0 bridgehead atoms. The van der Waals surface area contributed by atoms with E-state index in [-0.39, 0.29) is 23.1 Å². The van der Waals surface area contributed by atoms with E-state index in [1.807, 2.05) is 12.1 Å². The summed E-state index contributed by atoms with van der Waals surface area (Å²) in [7, 11) is 0. The summed E-state index contributed by atoms with van der Waals surface area (Å²) in [6.45, 7) is 2.24. The molecule has 2 aromatic rings. The molecule has 1 aliphatic heterocycles. The highest BCUT2D eigenvalue weighted by molar-refractivity contribution is 5.79. The van der Waals surface area contributed by atoms with Gasteiger partial charge < -0.3 is 9.88 Å². The Kier molecular flexibility index (Phi) is 5.64. The van der Waals surface area contributed by atoms with Crippen molar-refractivity contribution in [3.05, 3.63) is 45.1 Å². The maximum Gasteiger partial charge on any atom is 0.328 e. The fourth-order valence-corrected chi connectivity index (χ4v) is 4.76. The number of aromatic nitrogens is 2. The minimum atomic E-state index is -0.341. The molecule has 0 spiro atoms. The number of para-hydroxylation sites is 1. The smallest absolute Gasteiger partial charge is 0.328 e. The van der Waals surface area contributed by atoms with Crippen LogP contribution in [0.3, 0.4) is 0 Å². The van der Waals surface area contributed by atoms with E-state index in [0.717, 1.165) is 51.6 Å². The van der Waals surface area contributed by atoms with Crippen LogP contribution in [0.1, 0.15) is 51.4 Å². The van der Waals surface area contributed by atoms with Crippen molar-refractivity contribution >= 4 is 16.8 Å². The molecule has 6 heteroatoms. The Morgan fingerprint density at radius 3 is 2.36 bits per heavy atom. The van der Waals surface area contributed by atoms with E-state index in [2.05, 4.69) is 9.88 Å². The highest BCUT2D eigenvalue weighted by atomic mass is 16.2. The lowest BCUT2D eigenvalue weighted by Gasteiger charge is -2.31. The Balaban J connectivity index is 1.41. The number of carbonyl (C=O) groups is 1. The predicted molar refractivity (Wildman–Crippen MR) is 109 cm³/mol. The number of likely N-dealkylation sites (tertiary alicyclic amines) is 1. The summed E-state index contributed by atoms with van der Waals surface area (Å²) >= 11 is 0. The molecular weight excluding hydrogens is 354 g/mol. The van der Waals surface area contributed by atoms with Crippen molar-refractivity contribution in [3.8, 4) is 0 Å². The molecule has 4 rings (SSSR count). The minimum absolute atomic E-state index is 0.112. The molecule has 150 valence electrons. The molecule has 1 amide bonds. The van der Waals surface area contributed by atoms with Crippen molar-refractivity contribution in [2.24, 2.45) is 11.8 Å². The van der Waals surface area contributed by atoms with Crippen molar-refractivity contribution in [2.75, 3.05) is 13.1 Å². The molecule has 1 aromatic heterocycles. The molecule has 1 aliphatic carbocycles. The van der Waals surface area contributed by atoms with E-state index in [0.29, 0.717) is 23.4 Å². The zero-order valence-corrected chi connectivity index (χ0v) is 16.4. The number of H-pyrrole nitrogens is 1. The average molecular weight is 383 g/mol. The molecule has 2 aliphatic rings. The van der Waals surface area contributed by atoms with Gasteiger partial charge in [0, 0.05) is 25.6 Å². The van der Waals surface area contributed by atoms with Gasteiger partial charge in [-0.1, -0.05) is 25.0 Å². The molecule has 0 unspecified atom stereocenters. The third-order valence-corrected chi connectivity index (χ3v) is 6.44. The van der Waals surface area contributed by atoms with Crippen molar-refractivity contribution < 1.29 is 4.79 Å². The summed E-state index contributed by atoms with van der Waals surface area (Å²) in [5, 5.41) is 0.548. The molecule has 2 heterocycles. The van der Waals surface area contributed by atoms with Gasteiger partial charge in [-0.3, -0.25) is 14.2 Å². The van der Waals surface area contributed by atoms with Crippen LogP contribution in [0.2, 0.25) is 0 Å². The number of fused-ring (bicyclic) bond motifs is 1. The highest BCUT2D eigenvalue weighted by Crippen LogP contribution is 2.31. The second-order valence-corrected chi connectivity index (χ2v) is 8.35. The van der Waals surface area contributed by atoms with Crippen molar-refractivity contribution in [1.82, 2.24) is 14.5 Å². The van der Waals surface area contributed by atoms with Crippen LogP contribution in [0.15, 0.2) is 33.9 Å². The number of aromatic amines is 1. The maximum absolute atomic E-state index is 12.8. The summed E-state index contributed by atoms with van der Waals surface area (Å²) in [5.41, 5.74) is 0.0223. The highest BCUT2D eigenvalue weighted by Gasteiger charge is 2.30. The van der Waals surface area contributed by atoms with Gasteiger partial charge in [0.2, 0.25) is 5.91 Å². The van der Waals surface area contributed by atoms with Gasteiger partial charge >= 0.3 is 5.69 Å². The largest absolute Gasteiger partial charge is 0.342 e. The van der Waals surface area contributed by atoms with Gasteiger partial charge in [0.15, 0.2) is 0 Å². The van der Waals surface area contributed by atoms with E-state index < -0.39 is 0 Å². The monoisotopic (exact) mass is 383 g/mol. The molecule has 1 N–H and O–H groups in total. The van der Waals surface area contributed by atoms with Crippen LogP contribution in [0.4, 0.5) is 0 Å². The number of amides is 1. The summed E-state index contributed by atoms with van der Waals surface area (Å²) in [6, 6.07) is 7.12. The fourth-order valence-electron chi connectivity index (χ4n) is 4.76. The van der Waals surface area contributed by atoms with E-state index in [1.54, 1.807) is 12.1 Å². The second-order valence-electron chi connectivity index (χ2n) is 8.35. The molecule has 0 atom stereocenters. The minimum Gasteiger partial charge on any atom is -0.342 e. The number of benzene rings is 1. The quantitative estimate of drug-likeness (QED) is 0.885. The lowest BCUT2D eigenvalue weighted by molar-refractivity contribution is -0.136. The van der Waals surface area contributed by atoms with Gasteiger partial charge in [0.05, 0.1) is 10.9 Å². The van der Waals surface area contributed by atoms with E-state index in [4.69, 9.17) is 0 Å². The summed E-state index contributed by atoms with van der Waals surface area (Å²) < 4.78 is 1.34. The Labute approximate surface area is 164 Å². The Hall–Kier alpha value is -2.37. The molecule has 1 saturated heterocycles. The van der Waals surface area contributed by atoms with Crippen LogP contribution in [0.5, 0.6) is 0 Å². The number of hydrogen-bond acceptors (Lipinski definition) is 3. The lowest BCUT2D eigenvalue weighted by Crippen LogP contribution is -2.40. The van der Waals surface area contributed by atoms with Crippen LogP contribution in [-0.4, -0.2) is 33.4 Å². The Bertz CT molecular complexity index is 945. The van der Waals surface area contributed by atoms with Crippen LogP contribution >= 0.6 is 0 Å². The molecule has 2 fully saturated rings. The van der Waals surface area contributed by atoms with Crippen molar-refractivity contribution in [2.45, 2.75) is 57.9 Å². The average Bonchev–Trinajstić information content (AvgIpc) is 3.01. The Morgan fingerprint density at radius 1 is 0.964 bits per heavy atom. The zero-order valence-electron chi connectivity index (χ0n) is 16.4. The standard InChI is InChI=1S/C22H29N3O3/c26-20(24-13-5-1-2-6-14-24)17-11-9-16(10-12-17)15-25-21(27)18-7-3-4-8-19(18)23-22(25)28/h3-4,7-8,16-17H,1-2,5-6,9-15H2,(H,23,28). The van der Waals surface area contributed by atoms with Crippen molar-refractivity contribution in [3.63, 3.8) is 0 Å². The van der Waals surface area contributed by atoms with Gasteiger partial charge in [-0.25, -0.2) is 4.79 Å². The van der Waals surface area contributed by atoms with Crippen LogP contribution < -0.4 is 11.2 Å². The first kappa shape index (κ1) is 19.0. The van der Waals surface area contributed by atoms with Gasteiger partial charge in [-0.2, -0.15) is 0 Å². The summed E-state index contributed by atoms with van der Waals surface area (Å²) in [4.78, 5) is 42.8. The van der Waals surface area contributed by atoms with Crippen molar-refractivity contribution in [1.29, 1.82) is 0 Å². The topological polar surface area (TPSA) is 75.2 Å². The van der Waals surface area contributed by atoms with E-state index >= 15 is 0 Å². The molecule has 6 nitrogen and oxygen atoms in total. The molecular formula is C22H29N3O3. The van der Waals surface area contributed by atoms with Gasteiger partial charge in [-0.15, -0.1) is 0 Å². The van der Waals surface area contributed by atoms with Gasteiger partial charge in [0.1, 0.15) is 0 Å². The predicted octanol–water partition coefficient (Wildman–Crippen LogP) is 2.90. The summed E-state index contributed by atoms with van der Waals surface area (Å²) in [5.74, 6) is 0.704. The van der Waals surface area contributed by atoms with Gasteiger partial charge in [0.25, 0.3) is 5.56 Å². The van der Waals surface area contributed by atoms with Gasteiger partial charge in [-0.05, 0) is 56.6 Å². The first-order valence-corrected chi connectivity index (χ1v) is 10.6. The number of carbonyl (C=O) groups excluding carboxylic acids is 1. The fraction of sp³-hybridized carbons (Fsp3) is 0.591. The summed E-state index contributed by atoms with van der Waals surface area (Å²) in [6.07, 6.45) is 8.20. The van der Waals surface area contributed by atoms with Crippen LogP contribution in [0.25, 0.3) is 10.9 Å². The van der Waals surface area contributed by atoms with E-state index in [9.17, 15) is 14.4 Å². The zero-order chi connectivity index (χ0) is 19.5. The number of rotatable bonds is 3. The number of nitrogens with one attached hydrogen (secondary N) is 1. The first-order chi connectivity index (χ1) is 13.6. The normalized spacial score (nSPS) is 23.5. The SMILES string of the molecule is O=C(C1CCC(Cn2c(=O)[nH]c3ccccc3c2=O)CC1)N1CCCCCC1. The Morgan fingerprint density at radius 2 is 1.64 bits per heavy atom. The van der Waals surface area contributed by atoms with Crippen LogP contribution in [-0.2, 0) is 11.3 Å². The number of nitrogens with zero attached hydrogens (tertiary/aromatic N) is 2. The van der Waals surface area contributed by atoms with Crippen LogP contribution in [0, 0.1) is 11.8 Å². The second kappa shape index (κ2) is 8.33.